The largest absolute Gasteiger partial charge is 0.378 e. The van der Waals surface area contributed by atoms with Gasteiger partial charge in [-0.2, -0.15) is 8.78 Å². The molecule has 0 aromatic carbocycles. The fourth-order valence-corrected chi connectivity index (χ4v) is 1.63. The lowest BCUT2D eigenvalue weighted by molar-refractivity contribution is -0.138. The molecule has 1 heterocycles. The van der Waals surface area contributed by atoms with E-state index in [1.54, 1.807) is 0 Å². The minimum absolute atomic E-state index is 0.100. The van der Waals surface area contributed by atoms with Crippen molar-refractivity contribution in [3.8, 4) is 0 Å². The van der Waals surface area contributed by atoms with Crippen molar-refractivity contribution in [3.05, 3.63) is 0 Å². The van der Waals surface area contributed by atoms with Gasteiger partial charge >= 0.3 is 6.43 Å². The molecular formula is C8H10ClF2NO3. The predicted molar refractivity (Wildman–Crippen MR) is 48.0 cm³/mol. The minimum atomic E-state index is -3.15. The Kier molecular flexibility index (Phi) is 3.98. The summed E-state index contributed by atoms with van der Waals surface area (Å²) in [6.07, 6.45) is -2.97. The van der Waals surface area contributed by atoms with Gasteiger partial charge in [0.25, 0.3) is 5.91 Å². The summed E-state index contributed by atoms with van der Waals surface area (Å²) in [7, 11) is 0. The number of Topliss-reactive ketones (excluding diaryl/α,β-unsaturated/α-hetero) is 1. The first kappa shape index (κ1) is 12.3. The molecule has 1 N–H and O–H groups in total. The SMILES string of the molecule is O=C(NC1(C(=O)CCl)CCOC1)C(F)F. The smallest absolute Gasteiger partial charge is 0.315 e. The molecule has 1 aliphatic rings. The number of hydrogen-bond donors (Lipinski definition) is 1. The van der Waals surface area contributed by atoms with Gasteiger partial charge in [0.1, 0.15) is 5.54 Å². The molecule has 0 radical (unpaired) electrons. The normalized spacial score (nSPS) is 25.6. The maximum absolute atomic E-state index is 12.0. The average Bonchev–Trinajstić information content (AvgIpc) is 2.66. The highest BCUT2D eigenvalue weighted by atomic mass is 35.5. The van der Waals surface area contributed by atoms with E-state index in [0.29, 0.717) is 0 Å². The summed E-state index contributed by atoms with van der Waals surface area (Å²) in [4.78, 5) is 22.2. The first-order valence-electron chi connectivity index (χ1n) is 4.29. The molecule has 0 aromatic rings. The van der Waals surface area contributed by atoms with Gasteiger partial charge < -0.3 is 10.1 Å². The monoisotopic (exact) mass is 241 g/mol. The predicted octanol–water partition coefficient (Wildman–Crippen LogP) is 0.335. The molecule has 0 aromatic heterocycles. The molecule has 1 rings (SSSR count). The number of rotatable bonds is 4. The average molecular weight is 242 g/mol. The zero-order valence-corrected chi connectivity index (χ0v) is 8.52. The van der Waals surface area contributed by atoms with Crippen molar-refractivity contribution in [2.45, 2.75) is 18.4 Å². The standard InChI is InChI=1S/C8H10ClF2NO3/c9-3-5(13)8(1-2-15-4-8)12-7(14)6(10)11/h6H,1-4H2,(H,12,14). The summed E-state index contributed by atoms with van der Waals surface area (Å²) >= 11 is 5.34. The Labute approximate surface area is 89.9 Å². The van der Waals surface area contributed by atoms with E-state index >= 15 is 0 Å². The lowest BCUT2D eigenvalue weighted by atomic mass is 9.94. The summed E-state index contributed by atoms with van der Waals surface area (Å²) in [5.41, 5.74) is -1.37. The third kappa shape index (κ3) is 2.63. The van der Waals surface area contributed by atoms with E-state index in [-0.39, 0.29) is 25.5 Å². The minimum Gasteiger partial charge on any atom is -0.378 e. The number of carbonyl (C=O) groups excluding carboxylic acids is 2. The molecule has 0 saturated carbocycles. The van der Waals surface area contributed by atoms with Crippen LogP contribution in [0.2, 0.25) is 0 Å². The lowest BCUT2D eigenvalue weighted by Gasteiger charge is -2.26. The van der Waals surface area contributed by atoms with Crippen molar-refractivity contribution >= 4 is 23.3 Å². The number of alkyl halides is 3. The highest BCUT2D eigenvalue weighted by Crippen LogP contribution is 2.21. The fourth-order valence-electron chi connectivity index (χ4n) is 1.37. The van der Waals surface area contributed by atoms with Gasteiger partial charge in [-0.15, -0.1) is 11.6 Å². The number of amides is 1. The second-order valence-electron chi connectivity index (χ2n) is 3.23. The molecule has 1 unspecified atom stereocenters. The zero-order valence-electron chi connectivity index (χ0n) is 7.76. The van der Waals surface area contributed by atoms with Gasteiger partial charge in [-0.25, -0.2) is 0 Å². The van der Waals surface area contributed by atoms with Crippen LogP contribution < -0.4 is 5.32 Å². The first-order valence-corrected chi connectivity index (χ1v) is 4.82. The molecule has 4 nitrogen and oxygen atoms in total. The topological polar surface area (TPSA) is 55.4 Å². The molecule has 1 fully saturated rings. The van der Waals surface area contributed by atoms with Crippen molar-refractivity contribution in [3.63, 3.8) is 0 Å². The molecule has 86 valence electrons. The highest BCUT2D eigenvalue weighted by molar-refractivity contribution is 6.29. The molecule has 1 aliphatic heterocycles. The summed E-state index contributed by atoms with van der Waals surface area (Å²) < 4.78 is 29.0. The van der Waals surface area contributed by atoms with Crippen LogP contribution in [-0.4, -0.2) is 42.7 Å². The van der Waals surface area contributed by atoms with Crippen LogP contribution in [-0.2, 0) is 14.3 Å². The van der Waals surface area contributed by atoms with Crippen molar-refractivity contribution < 1.29 is 23.1 Å². The van der Waals surface area contributed by atoms with E-state index < -0.39 is 23.7 Å². The van der Waals surface area contributed by atoms with Gasteiger partial charge in [0.05, 0.1) is 12.5 Å². The Bertz CT molecular complexity index is 267. The van der Waals surface area contributed by atoms with Crippen LogP contribution in [0, 0.1) is 0 Å². The summed E-state index contributed by atoms with van der Waals surface area (Å²) in [5.74, 6) is -2.32. The first-order chi connectivity index (χ1) is 7.02. The molecule has 1 atom stereocenters. The van der Waals surface area contributed by atoms with Crippen molar-refractivity contribution in [1.29, 1.82) is 0 Å². The van der Waals surface area contributed by atoms with Gasteiger partial charge in [-0.05, 0) is 0 Å². The van der Waals surface area contributed by atoms with Crippen LogP contribution >= 0.6 is 11.6 Å². The second kappa shape index (κ2) is 4.85. The Morgan fingerprint density at radius 2 is 2.20 bits per heavy atom. The van der Waals surface area contributed by atoms with Gasteiger partial charge in [-0.3, -0.25) is 9.59 Å². The van der Waals surface area contributed by atoms with Crippen molar-refractivity contribution in [1.82, 2.24) is 5.32 Å². The van der Waals surface area contributed by atoms with Gasteiger partial charge in [0.15, 0.2) is 5.78 Å². The van der Waals surface area contributed by atoms with E-state index in [0.717, 1.165) is 0 Å². The van der Waals surface area contributed by atoms with Crippen LogP contribution in [0.15, 0.2) is 0 Å². The molecule has 7 heteroatoms. The number of nitrogens with one attached hydrogen (secondary N) is 1. The summed E-state index contributed by atoms with van der Waals surface area (Å²) in [6, 6.07) is 0. The van der Waals surface area contributed by atoms with Crippen LogP contribution in [0.5, 0.6) is 0 Å². The van der Waals surface area contributed by atoms with Gasteiger partial charge in [0, 0.05) is 13.0 Å². The Morgan fingerprint density at radius 3 is 2.60 bits per heavy atom. The molecule has 15 heavy (non-hydrogen) atoms. The van der Waals surface area contributed by atoms with E-state index in [1.807, 2.05) is 5.32 Å². The van der Waals surface area contributed by atoms with E-state index in [4.69, 9.17) is 16.3 Å². The molecule has 0 aliphatic carbocycles. The van der Waals surface area contributed by atoms with E-state index in [2.05, 4.69) is 0 Å². The number of carbonyl (C=O) groups is 2. The van der Waals surface area contributed by atoms with Gasteiger partial charge in [-0.1, -0.05) is 0 Å². The van der Waals surface area contributed by atoms with Crippen molar-refractivity contribution in [2.75, 3.05) is 19.1 Å². The Hall–Kier alpha value is -0.750. The molecule has 1 saturated heterocycles. The Balaban J connectivity index is 2.74. The Morgan fingerprint density at radius 1 is 1.53 bits per heavy atom. The van der Waals surface area contributed by atoms with Crippen LogP contribution in [0.1, 0.15) is 6.42 Å². The number of ketones is 1. The molecule has 0 bridgehead atoms. The summed E-state index contributed by atoms with van der Waals surface area (Å²) in [5, 5.41) is 1.99. The quantitative estimate of drug-likeness (QED) is 0.722. The van der Waals surface area contributed by atoms with E-state index in [1.165, 1.54) is 0 Å². The zero-order chi connectivity index (χ0) is 11.5. The molecule has 0 spiro atoms. The number of halogens is 3. The fraction of sp³-hybridized carbons (Fsp3) is 0.750. The maximum Gasteiger partial charge on any atom is 0.315 e. The van der Waals surface area contributed by atoms with Crippen LogP contribution in [0.4, 0.5) is 8.78 Å². The third-order valence-electron chi connectivity index (χ3n) is 2.24. The highest BCUT2D eigenvalue weighted by Gasteiger charge is 2.43. The maximum atomic E-state index is 12.0. The van der Waals surface area contributed by atoms with E-state index in [9.17, 15) is 18.4 Å². The number of hydrogen-bond acceptors (Lipinski definition) is 3. The van der Waals surface area contributed by atoms with Crippen LogP contribution in [0.3, 0.4) is 0 Å². The summed E-state index contributed by atoms with van der Waals surface area (Å²) in [6.45, 7) is 0.142. The van der Waals surface area contributed by atoms with Crippen molar-refractivity contribution in [2.24, 2.45) is 0 Å². The second-order valence-corrected chi connectivity index (χ2v) is 3.50. The number of ether oxygens (including phenoxy) is 1. The molecule has 1 amide bonds. The third-order valence-corrected chi connectivity index (χ3v) is 2.48. The lowest BCUT2D eigenvalue weighted by Crippen LogP contribution is -2.57. The van der Waals surface area contributed by atoms with Gasteiger partial charge in [0.2, 0.25) is 0 Å². The molecular weight excluding hydrogens is 232 g/mol. The van der Waals surface area contributed by atoms with Crippen LogP contribution in [0.25, 0.3) is 0 Å².